The first-order valence-corrected chi connectivity index (χ1v) is 6.27. The Morgan fingerprint density at radius 1 is 1.33 bits per heavy atom. The monoisotopic (exact) mass is 284 g/mol. The number of hydrogen-bond acceptors (Lipinski definition) is 5. The van der Waals surface area contributed by atoms with Gasteiger partial charge in [0, 0.05) is 6.20 Å². The van der Waals surface area contributed by atoms with Gasteiger partial charge in [-0.05, 0) is 31.5 Å². The van der Waals surface area contributed by atoms with E-state index in [4.69, 9.17) is 4.42 Å². The van der Waals surface area contributed by atoms with Crippen LogP contribution in [0.25, 0.3) is 11.1 Å². The largest absolute Gasteiger partial charge is 0.442 e. The SMILES string of the molecule is Cc1ccnc(NC(=O)c2c(C)oc3nc[nH]c(=O)c23)c1. The van der Waals surface area contributed by atoms with Gasteiger partial charge in [-0.25, -0.2) is 9.97 Å². The van der Waals surface area contributed by atoms with Crippen molar-refractivity contribution in [3.05, 3.63) is 51.9 Å². The fraction of sp³-hybridized carbons (Fsp3) is 0.143. The van der Waals surface area contributed by atoms with Gasteiger partial charge in [0.1, 0.15) is 17.0 Å². The molecule has 0 aliphatic rings. The number of nitrogens with zero attached hydrogens (tertiary/aromatic N) is 2. The van der Waals surface area contributed by atoms with Gasteiger partial charge in [-0.3, -0.25) is 9.59 Å². The first-order valence-electron chi connectivity index (χ1n) is 6.27. The summed E-state index contributed by atoms with van der Waals surface area (Å²) in [7, 11) is 0. The Balaban J connectivity index is 2.06. The van der Waals surface area contributed by atoms with Crippen molar-refractivity contribution in [2.24, 2.45) is 0 Å². The lowest BCUT2D eigenvalue weighted by atomic mass is 10.2. The van der Waals surface area contributed by atoms with E-state index in [1.165, 1.54) is 6.33 Å². The van der Waals surface area contributed by atoms with Gasteiger partial charge in [0.15, 0.2) is 0 Å². The third-order valence-corrected chi connectivity index (χ3v) is 3.05. The molecule has 0 atom stereocenters. The predicted octanol–water partition coefficient (Wildman–Crippen LogP) is 1.78. The molecule has 106 valence electrons. The number of aromatic nitrogens is 3. The van der Waals surface area contributed by atoms with E-state index in [0.29, 0.717) is 11.6 Å². The number of nitrogens with one attached hydrogen (secondary N) is 2. The van der Waals surface area contributed by atoms with Gasteiger partial charge in [0.25, 0.3) is 11.5 Å². The summed E-state index contributed by atoms with van der Waals surface area (Å²) in [5.74, 6) is 0.288. The van der Waals surface area contributed by atoms with E-state index in [1.807, 2.05) is 13.0 Å². The molecule has 1 amide bonds. The number of aryl methyl sites for hydroxylation is 2. The Morgan fingerprint density at radius 2 is 2.14 bits per heavy atom. The van der Waals surface area contributed by atoms with Crippen molar-refractivity contribution in [2.45, 2.75) is 13.8 Å². The second-order valence-electron chi connectivity index (χ2n) is 4.62. The number of furan rings is 1. The molecule has 0 aliphatic carbocycles. The molecule has 7 nitrogen and oxygen atoms in total. The molecule has 3 heterocycles. The molecule has 7 heteroatoms. The van der Waals surface area contributed by atoms with Crippen LogP contribution in [0, 0.1) is 13.8 Å². The number of carbonyl (C=O) groups is 1. The predicted molar refractivity (Wildman–Crippen MR) is 76.3 cm³/mol. The van der Waals surface area contributed by atoms with Crippen molar-refractivity contribution in [1.82, 2.24) is 15.0 Å². The minimum absolute atomic E-state index is 0.138. The number of fused-ring (bicyclic) bond motifs is 1. The smallest absolute Gasteiger partial charge is 0.262 e. The molecule has 21 heavy (non-hydrogen) atoms. The highest BCUT2D eigenvalue weighted by molar-refractivity contribution is 6.12. The highest BCUT2D eigenvalue weighted by Crippen LogP contribution is 2.21. The van der Waals surface area contributed by atoms with Gasteiger partial charge in [-0.15, -0.1) is 0 Å². The summed E-state index contributed by atoms with van der Waals surface area (Å²) in [4.78, 5) is 34.7. The Morgan fingerprint density at radius 3 is 2.90 bits per heavy atom. The normalized spacial score (nSPS) is 10.8. The average molecular weight is 284 g/mol. The van der Waals surface area contributed by atoms with E-state index in [0.717, 1.165) is 5.56 Å². The van der Waals surface area contributed by atoms with Crippen LogP contribution in [0.2, 0.25) is 0 Å². The van der Waals surface area contributed by atoms with Crippen molar-refractivity contribution < 1.29 is 9.21 Å². The Bertz CT molecular complexity index is 895. The summed E-state index contributed by atoms with van der Waals surface area (Å²) in [6, 6.07) is 3.56. The van der Waals surface area contributed by atoms with Crippen molar-refractivity contribution in [3.63, 3.8) is 0 Å². The zero-order valence-electron chi connectivity index (χ0n) is 11.4. The van der Waals surface area contributed by atoms with Crippen LogP contribution in [0.3, 0.4) is 0 Å². The van der Waals surface area contributed by atoms with E-state index in [1.54, 1.807) is 19.2 Å². The third kappa shape index (κ3) is 2.29. The van der Waals surface area contributed by atoms with Crippen LogP contribution in [0.15, 0.2) is 33.9 Å². The van der Waals surface area contributed by atoms with Crippen LogP contribution in [0.1, 0.15) is 21.7 Å². The number of aromatic amines is 1. The molecule has 0 fully saturated rings. The summed E-state index contributed by atoms with van der Waals surface area (Å²) in [6.45, 7) is 3.50. The first-order chi connectivity index (χ1) is 10.1. The second kappa shape index (κ2) is 4.86. The van der Waals surface area contributed by atoms with Crippen molar-refractivity contribution in [2.75, 3.05) is 5.32 Å². The molecule has 0 aliphatic heterocycles. The van der Waals surface area contributed by atoms with Crippen LogP contribution < -0.4 is 10.9 Å². The van der Waals surface area contributed by atoms with E-state index in [9.17, 15) is 9.59 Å². The van der Waals surface area contributed by atoms with Crippen molar-refractivity contribution in [3.8, 4) is 0 Å². The molecule has 0 radical (unpaired) electrons. The molecule has 0 spiro atoms. The quantitative estimate of drug-likeness (QED) is 0.747. The molecular formula is C14H12N4O3. The molecule has 0 saturated heterocycles. The summed E-state index contributed by atoms with van der Waals surface area (Å²) in [5.41, 5.74) is 0.856. The standard InChI is InChI=1S/C14H12N4O3/c1-7-3-4-15-9(5-7)18-13(20)10-8(2)21-14-11(10)12(19)16-6-17-14/h3-6H,1-2H3,(H,15,18,20)(H,16,17,19). The van der Waals surface area contributed by atoms with Crippen LogP contribution in [0.4, 0.5) is 5.82 Å². The minimum Gasteiger partial charge on any atom is -0.442 e. The van der Waals surface area contributed by atoms with E-state index < -0.39 is 11.5 Å². The number of carbonyl (C=O) groups excluding carboxylic acids is 1. The molecule has 0 aromatic carbocycles. The minimum atomic E-state index is -0.456. The average Bonchev–Trinajstić information content (AvgIpc) is 2.76. The number of rotatable bonds is 2. The van der Waals surface area contributed by atoms with Gasteiger partial charge in [0.05, 0.1) is 11.9 Å². The molecule has 2 N–H and O–H groups in total. The molecule has 0 unspecified atom stereocenters. The van der Waals surface area contributed by atoms with Crippen LogP contribution >= 0.6 is 0 Å². The van der Waals surface area contributed by atoms with Gasteiger partial charge >= 0.3 is 0 Å². The lowest BCUT2D eigenvalue weighted by Gasteiger charge is -2.04. The summed E-state index contributed by atoms with van der Waals surface area (Å²) in [5, 5.41) is 2.79. The number of amides is 1. The van der Waals surface area contributed by atoms with E-state index in [2.05, 4.69) is 20.3 Å². The number of H-pyrrole nitrogens is 1. The molecule has 3 rings (SSSR count). The Hall–Kier alpha value is -2.96. The third-order valence-electron chi connectivity index (χ3n) is 3.05. The highest BCUT2D eigenvalue weighted by atomic mass is 16.3. The zero-order valence-corrected chi connectivity index (χ0v) is 11.4. The van der Waals surface area contributed by atoms with Crippen LogP contribution in [-0.4, -0.2) is 20.9 Å². The lowest BCUT2D eigenvalue weighted by Crippen LogP contribution is -2.17. The molecule has 0 bridgehead atoms. The summed E-state index contributed by atoms with van der Waals surface area (Å²) in [6.07, 6.45) is 2.83. The Kier molecular flexibility index (Phi) is 3.02. The highest BCUT2D eigenvalue weighted by Gasteiger charge is 2.21. The molecular weight excluding hydrogens is 272 g/mol. The lowest BCUT2D eigenvalue weighted by molar-refractivity contribution is 0.102. The maximum Gasteiger partial charge on any atom is 0.262 e. The number of pyridine rings is 1. The number of anilines is 1. The van der Waals surface area contributed by atoms with Gasteiger partial charge in [-0.2, -0.15) is 0 Å². The van der Waals surface area contributed by atoms with Gasteiger partial charge in [-0.1, -0.05) is 0 Å². The van der Waals surface area contributed by atoms with E-state index >= 15 is 0 Å². The second-order valence-corrected chi connectivity index (χ2v) is 4.62. The van der Waals surface area contributed by atoms with Crippen LogP contribution in [-0.2, 0) is 0 Å². The molecule has 3 aromatic heterocycles. The van der Waals surface area contributed by atoms with E-state index in [-0.39, 0.29) is 16.7 Å². The molecule has 3 aromatic rings. The van der Waals surface area contributed by atoms with Crippen molar-refractivity contribution >= 4 is 22.8 Å². The van der Waals surface area contributed by atoms with Crippen molar-refractivity contribution in [1.29, 1.82) is 0 Å². The van der Waals surface area contributed by atoms with Gasteiger partial charge in [0.2, 0.25) is 5.71 Å². The fourth-order valence-corrected chi connectivity index (χ4v) is 2.11. The summed E-state index contributed by atoms with van der Waals surface area (Å²) < 4.78 is 5.35. The topological polar surface area (TPSA) is 101 Å². The van der Waals surface area contributed by atoms with Gasteiger partial charge < -0.3 is 14.7 Å². The molecule has 0 saturated carbocycles. The maximum atomic E-state index is 12.4. The maximum absolute atomic E-state index is 12.4. The number of hydrogen-bond donors (Lipinski definition) is 2. The first kappa shape index (κ1) is 13.0. The Labute approximate surface area is 119 Å². The van der Waals surface area contributed by atoms with Crippen LogP contribution in [0.5, 0.6) is 0 Å². The summed E-state index contributed by atoms with van der Waals surface area (Å²) >= 11 is 0. The zero-order chi connectivity index (χ0) is 15.0. The fourth-order valence-electron chi connectivity index (χ4n) is 2.11.